The third-order valence-corrected chi connectivity index (χ3v) is 5.85. The van der Waals surface area contributed by atoms with E-state index in [2.05, 4.69) is 22.1 Å². The topological polar surface area (TPSA) is 71.3 Å². The molecule has 2 heterocycles. The highest BCUT2D eigenvalue weighted by Crippen LogP contribution is 2.39. The molecule has 0 amide bonds. The molecule has 0 radical (unpaired) electrons. The Bertz CT molecular complexity index is 1320. The van der Waals surface area contributed by atoms with Crippen LogP contribution in [-0.2, 0) is 24.4 Å². The molecule has 34 heavy (non-hydrogen) atoms. The van der Waals surface area contributed by atoms with Gasteiger partial charge in [-0.2, -0.15) is 5.26 Å². The Morgan fingerprint density at radius 3 is 2.65 bits per heavy atom. The first kappa shape index (κ1) is 23.4. The zero-order valence-electron chi connectivity index (χ0n) is 20.1. The van der Waals surface area contributed by atoms with E-state index in [0.717, 1.165) is 44.9 Å². The van der Waals surface area contributed by atoms with Crippen LogP contribution in [-0.4, -0.2) is 31.2 Å². The summed E-state index contributed by atoms with van der Waals surface area (Å²) in [5.74, 6) is 1.61. The number of nitriles is 1. The fourth-order valence-corrected chi connectivity index (χ4v) is 4.35. The lowest BCUT2D eigenvalue weighted by molar-refractivity contribution is 0.180. The van der Waals surface area contributed by atoms with E-state index in [0.29, 0.717) is 30.2 Å². The number of anilines is 1. The number of nitrogens with zero attached hydrogens (tertiary/aromatic N) is 4. The van der Waals surface area contributed by atoms with Gasteiger partial charge in [0.05, 0.1) is 18.4 Å². The Morgan fingerprint density at radius 2 is 1.94 bits per heavy atom. The molecule has 0 saturated heterocycles. The first-order chi connectivity index (χ1) is 16.3. The standard InChI is InChI=1S/C27H27FN4O2/c1-16(13-29)26-21-8-6-18(10-19(21)14-34-25-12-20(28)7-9-22(25)26)11-23-24(15-33-5)30-17(2)31-27(23)32(3)4/h6-10,12H,11,14-15H2,1-5H3. The van der Waals surface area contributed by atoms with Crippen molar-refractivity contribution in [2.75, 3.05) is 26.1 Å². The van der Waals surface area contributed by atoms with Crippen LogP contribution in [0.2, 0.25) is 0 Å². The predicted octanol–water partition coefficient (Wildman–Crippen LogP) is 4.97. The van der Waals surface area contributed by atoms with Gasteiger partial charge in [0.25, 0.3) is 0 Å². The molecule has 0 unspecified atom stereocenters. The second-order valence-electron chi connectivity index (χ2n) is 8.56. The van der Waals surface area contributed by atoms with Gasteiger partial charge in [-0.15, -0.1) is 0 Å². The number of hydrogen-bond acceptors (Lipinski definition) is 6. The SMILES string of the molecule is COCc1nc(C)nc(N(C)C)c1Cc1ccc2c(c1)COc1cc(F)ccc1C2=C(C)C#N. The molecule has 7 heteroatoms. The molecular formula is C27H27FN4O2. The number of methoxy groups -OCH3 is 1. The van der Waals surface area contributed by atoms with Gasteiger partial charge in [-0.25, -0.2) is 14.4 Å². The van der Waals surface area contributed by atoms with Gasteiger partial charge in [0, 0.05) is 56.0 Å². The molecule has 2 aromatic carbocycles. The number of aromatic nitrogens is 2. The van der Waals surface area contributed by atoms with Crippen LogP contribution >= 0.6 is 0 Å². The number of hydrogen-bond donors (Lipinski definition) is 0. The van der Waals surface area contributed by atoms with Crippen molar-refractivity contribution < 1.29 is 13.9 Å². The summed E-state index contributed by atoms with van der Waals surface area (Å²) in [5, 5.41) is 9.67. The van der Waals surface area contributed by atoms with Crippen molar-refractivity contribution in [2.24, 2.45) is 0 Å². The Labute approximate surface area is 199 Å². The molecule has 0 aliphatic carbocycles. The number of rotatable bonds is 5. The maximum Gasteiger partial charge on any atom is 0.135 e. The Morgan fingerprint density at radius 1 is 1.18 bits per heavy atom. The minimum atomic E-state index is -0.374. The predicted molar refractivity (Wildman–Crippen MR) is 129 cm³/mol. The summed E-state index contributed by atoms with van der Waals surface area (Å²) in [6.07, 6.45) is 0.609. The summed E-state index contributed by atoms with van der Waals surface area (Å²) < 4.78 is 25.3. The molecule has 0 N–H and O–H groups in total. The average molecular weight is 459 g/mol. The quantitative estimate of drug-likeness (QED) is 0.503. The van der Waals surface area contributed by atoms with E-state index in [4.69, 9.17) is 9.47 Å². The normalized spacial score (nSPS) is 13.8. The van der Waals surface area contributed by atoms with Crippen molar-refractivity contribution in [1.29, 1.82) is 5.26 Å². The monoisotopic (exact) mass is 458 g/mol. The molecule has 0 bridgehead atoms. The van der Waals surface area contributed by atoms with Crippen LogP contribution in [0, 0.1) is 24.1 Å². The highest BCUT2D eigenvalue weighted by atomic mass is 19.1. The molecule has 0 atom stereocenters. The first-order valence-electron chi connectivity index (χ1n) is 11.0. The molecule has 174 valence electrons. The van der Waals surface area contributed by atoms with Gasteiger partial charge in [-0.05, 0) is 42.7 Å². The molecule has 6 nitrogen and oxygen atoms in total. The van der Waals surface area contributed by atoms with E-state index in [1.54, 1.807) is 20.1 Å². The number of allylic oxidation sites excluding steroid dienone is 1. The largest absolute Gasteiger partial charge is 0.488 e. The summed E-state index contributed by atoms with van der Waals surface area (Å²) in [5.41, 5.74) is 6.80. The van der Waals surface area contributed by atoms with Crippen LogP contribution in [0.15, 0.2) is 42.0 Å². The van der Waals surface area contributed by atoms with E-state index in [-0.39, 0.29) is 12.4 Å². The number of aryl methyl sites for hydroxylation is 1. The van der Waals surface area contributed by atoms with Crippen molar-refractivity contribution in [1.82, 2.24) is 9.97 Å². The van der Waals surface area contributed by atoms with E-state index in [9.17, 15) is 9.65 Å². The molecule has 1 aliphatic rings. The molecule has 4 rings (SSSR count). The van der Waals surface area contributed by atoms with Gasteiger partial charge in [-0.1, -0.05) is 18.2 Å². The second kappa shape index (κ2) is 9.62. The highest BCUT2D eigenvalue weighted by molar-refractivity contribution is 5.88. The fourth-order valence-electron chi connectivity index (χ4n) is 4.35. The number of halogens is 1. The highest BCUT2D eigenvalue weighted by Gasteiger charge is 2.23. The smallest absolute Gasteiger partial charge is 0.135 e. The minimum Gasteiger partial charge on any atom is -0.488 e. The second-order valence-corrected chi connectivity index (χ2v) is 8.56. The Balaban J connectivity index is 1.81. The van der Waals surface area contributed by atoms with Gasteiger partial charge in [0.15, 0.2) is 0 Å². The first-order valence-corrected chi connectivity index (χ1v) is 11.0. The van der Waals surface area contributed by atoms with Crippen molar-refractivity contribution in [3.8, 4) is 11.8 Å². The fraction of sp³-hybridized carbons (Fsp3) is 0.296. The van der Waals surface area contributed by atoms with E-state index >= 15 is 0 Å². The summed E-state index contributed by atoms with van der Waals surface area (Å²) in [4.78, 5) is 11.3. The van der Waals surface area contributed by atoms with Crippen molar-refractivity contribution in [3.63, 3.8) is 0 Å². The molecule has 1 aliphatic heterocycles. The summed E-state index contributed by atoms with van der Waals surface area (Å²) in [6, 6.07) is 12.8. The van der Waals surface area contributed by atoms with Crippen LogP contribution < -0.4 is 9.64 Å². The summed E-state index contributed by atoms with van der Waals surface area (Å²) in [6.45, 7) is 4.32. The Hall–Kier alpha value is -3.76. The van der Waals surface area contributed by atoms with Crippen molar-refractivity contribution in [2.45, 2.75) is 33.5 Å². The Kier molecular flexibility index (Phi) is 6.62. The average Bonchev–Trinajstić information content (AvgIpc) is 2.96. The van der Waals surface area contributed by atoms with Crippen LogP contribution in [0.25, 0.3) is 5.57 Å². The van der Waals surface area contributed by atoms with Crippen LogP contribution in [0.1, 0.15) is 46.3 Å². The van der Waals surface area contributed by atoms with E-state index in [1.807, 2.05) is 38.1 Å². The zero-order valence-corrected chi connectivity index (χ0v) is 20.1. The van der Waals surface area contributed by atoms with E-state index < -0.39 is 0 Å². The third kappa shape index (κ3) is 4.50. The van der Waals surface area contributed by atoms with E-state index in [1.165, 1.54) is 12.1 Å². The van der Waals surface area contributed by atoms with Crippen LogP contribution in [0.3, 0.4) is 0 Å². The minimum absolute atomic E-state index is 0.275. The summed E-state index contributed by atoms with van der Waals surface area (Å²) in [7, 11) is 5.58. The van der Waals surface area contributed by atoms with Crippen LogP contribution in [0.5, 0.6) is 5.75 Å². The lowest BCUT2D eigenvalue weighted by atomic mass is 9.89. The zero-order chi connectivity index (χ0) is 24.4. The number of benzene rings is 2. The third-order valence-electron chi connectivity index (χ3n) is 5.85. The van der Waals surface area contributed by atoms with Gasteiger partial charge >= 0.3 is 0 Å². The van der Waals surface area contributed by atoms with Gasteiger partial charge in [0.2, 0.25) is 0 Å². The number of fused-ring (bicyclic) bond motifs is 2. The van der Waals surface area contributed by atoms with Gasteiger partial charge in [-0.3, -0.25) is 0 Å². The van der Waals surface area contributed by atoms with Gasteiger partial charge in [0.1, 0.15) is 29.8 Å². The summed E-state index contributed by atoms with van der Waals surface area (Å²) >= 11 is 0. The van der Waals surface area contributed by atoms with Crippen molar-refractivity contribution in [3.05, 3.63) is 87.1 Å². The lowest BCUT2D eigenvalue weighted by Gasteiger charge is -2.20. The molecule has 0 spiro atoms. The maximum atomic E-state index is 13.9. The van der Waals surface area contributed by atoms with Crippen LogP contribution in [0.4, 0.5) is 10.2 Å². The maximum absolute atomic E-state index is 13.9. The number of ether oxygens (including phenoxy) is 2. The molecule has 0 saturated carbocycles. The van der Waals surface area contributed by atoms with Gasteiger partial charge < -0.3 is 14.4 Å². The molecular weight excluding hydrogens is 431 g/mol. The molecule has 0 fully saturated rings. The lowest BCUT2D eigenvalue weighted by Crippen LogP contribution is -2.17. The van der Waals surface area contributed by atoms with Crippen molar-refractivity contribution >= 4 is 11.4 Å². The molecule has 3 aromatic rings. The molecule has 1 aromatic heterocycles.